The molecule has 5 nitrogen and oxygen atoms in total. The van der Waals surface area contributed by atoms with E-state index in [1.54, 1.807) is 11.8 Å². The third-order valence-electron chi connectivity index (χ3n) is 3.10. The Morgan fingerprint density at radius 3 is 2.90 bits per heavy atom. The van der Waals surface area contributed by atoms with Gasteiger partial charge in [-0.3, -0.25) is 4.40 Å². The molecule has 0 aromatic carbocycles. The van der Waals surface area contributed by atoms with Gasteiger partial charge < -0.3 is 4.42 Å². The van der Waals surface area contributed by atoms with Crippen molar-refractivity contribution in [1.29, 1.82) is 0 Å². The van der Waals surface area contributed by atoms with E-state index in [9.17, 15) is 0 Å². The van der Waals surface area contributed by atoms with Crippen molar-refractivity contribution in [2.45, 2.75) is 37.6 Å². The van der Waals surface area contributed by atoms with Crippen LogP contribution in [0.25, 0.3) is 5.52 Å². The Bertz CT molecular complexity index is 734. The summed E-state index contributed by atoms with van der Waals surface area (Å²) in [5.74, 6) is 1.88. The summed E-state index contributed by atoms with van der Waals surface area (Å²) in [5, 5.41) is 9.27. The summed E-state index contributed by atoms with van der Waals surface area (Å²) < 4.78 is 7.80. The first-order chi connectivity index (χ1) is 10.1. The maximum absolute atomic E-state index is 5.74. The smallest absolute Gasteiger partial charge is 0.229 e. The van der Waals surface area contributed by atoms with Crippen molar-refractivity contribution in [1.82, 2.24) is 19.6 Å². The SMILES string of the molecule is CC(C)Cc1nnc([C@H](C)Sc2ncc3ccccn23)o1. The molecule has 6 heteroatoms. The van der Waals surface area contributed by atoms with Crippen LogP contribution in [0.5, 0.6) is 0 Å². The predicted octanol–water partition coefficient (Wildman–Crippen LogP) is 3.77. The first kappa shape index (κ1) is 14.1. The molecule has 0 aliphatic heterocycles. The van der Waals surface area contributed by atoms with E-state index >= 15 is 0 Å². The average Bonchev–Trinajstić information content (AvgIpc) is 3.06. The largest absolute Gasteiger partial charge is 0.424 e. The number of nitrogens with zero attached hydrogens (tertiary/aromatic N) is 4. The zero-order chi connectivity index (χ0) is 14.8. The van der Waals surface area contributed by atoms with Crippen LogP contribution >= 0.6 is 11.8 Å². The molecule has 0 amide bonds. The molecule has 0 bridgehead atoms. The molecular weight excluding hydrogens is 284 g/mol. The summed E-state index contributed by atoms with van der Waals surface area (Å²) in [6, 6.07) is 6.04. The molecule has 0 aliphatic carbocycles. The Kier molecular flexibility index (Phi) is 3.96. The zero-order valence-electron chi connectivity index (χ0n) is 12.4. The van der Waals surface area contributed by atoms with Crippen LogP contribution in [0.4, 0.5) is 0 Å². The Hall–Kier alpha value is -1.82. The predicted molar refractivity (Wildman–Crippen MR) is 82.3 cm³/mol. The van der Waals surface area contributed by atoms with Crippen molar-refractivity contribution in [3.8, 4) is 0 Å². The lowest BCUT2D eigenvalue weighted by atomic mass is 10.1. The Balaban J connectivity index is 1.76. The quantitative estimate of drug-likeness (QED) is 0.671. The number of aromatic nitrogens is 4. The lowest BCUT2D eigenvalue weighted by molar-refractivity contribution is 0.426. The van der Waals surface area contributed by atoms with Crippen molar-refractivity contribution in [2.24, 2.45) is 5.92 Å². The lowest BCUT2D eigenvalue weighted by Crippen LogP contribution is -1.93. The minimum Gasteiger partial charge on any atom is -0.424 e. The molecular formula is C15H18N4OS. The van der Waals surface area contributed by atoms with Crippen LogP contribution in [0.2, 0.25) is 0 Å². The topological polar surface area (TPSA) is 56.2 Å². The summed E-state index contributed by atoms with van der Waals surface area (Å²) in [7, 11) is 0. The monoisotopic (exact) mass is 302 g/mol. The molecule has 1 atom stereocenters. The van der Waals surface area contributed by atoms with Crippen LogP contribution in [0.1, 0.15) is 37.8 Å². The molecule has 21 heavy (non-hydrogen) atoms. The molecule has 0 saturated carbocycles. The van der Waals surface area contributed by atoms with Gasteiger partial charge in [0.05, 0.1) is 17.0 Å². The van der Waals surface area contributed by atoms with Gasteiger partial charge >= 0.3 is 0 Å². The standard InChI is InChI=1S/C15H18N4OS/c1-10(2)8-13-17-18-14(20-13)11(3)21-15-16-9-12-6-4-5-7-19(12)15/h4-7,9-11H,8H2,1-3H3/t11-/m0/s1. The molecule has 0 fully saturated rings. The van der Waals surface area contributed by atoms with E-state index in [0.717, 1.165) is 17.1 Å². The molecule has 3 aromatic rings. The fraction of sp³-hybridized carbons (Fsp3) is 0.400. The first-order valence-electron chi connectivity index (χ1n) is 7.04. The number of pyridine rings is 1. The second-order valence-corrected chi connectivity index (χ2v) is 6.74. The maximum atomic E-state index is 5.74. The van der Waals surface area contributed by atoms with Gasteiger partial charge in [-0.1, -0.05) is 31.7 Å². The molecule has 3 heterocycles. The number of hydrogen-bond acceptors (Lipinski definition) is 5. The van der Waals surface area contributed by atoms with E-state index in [2.05, 4.69) is 40.4 Å². The number of fused-ring (bicyclic) bond motifs is 1. The summed E-state index contributed by atoms with van der Waals surface area (Å²) in [5.41, 5.74) is 1.08. The van der Waals surface area contributed by atoms with Crippen molar-refractivity contribution in [3.05, 3.63) is 42.4 Å². The Morgan fingerprint density at radius 2 is 2.10 bits per heavy atom. The van der Waals surface area contributed by atoms with E-state index in [0.29, 0.717) is 17.7 Å². The third kappa shape index (κ3) is 3.10. The minimum atomic E-state index is 0.0734. The summed E-state index contributed by atoms with van der Waals surface area (Å²) >= 11 is 1.62. The van der Waals surface area contributed by atoms with E-state index in [4.69, 9.17) is 4.42 Å². The number of imidazole rings is 1. The van der Waals surface area contributed by atoms with Crippen LogP contribution in [-0.4, -0.2) is 19.6 Å². The highest BCUT2D eigenvalue weighted by Gasteiger charge is 2.18. The molecule has 0 unspecified atom stereocenters. The molecule has 3 aromatic heterocycles. The normalized spacial score (nSPS) is 13.1. The van der Waals surface area contributed by atoms with Gasteiger partial charge in [0.15, 0.2) is 5.16 Å². The van der Waals surface area contributed by atoms with E-state index in [-0.39, 0.29) is 5.25 Å². The molecule has 110 valence electrons. The molecule has 0 radical (unpaired) electrons. The van der Waals surface area contributed by atoms with Crippen LogP contribution in [0.15, 0.2) is 40.2 Å². The maximum Gasteiger partial charge on any atom is 0.229 e. The van der Waals surface area contributed by atoms with Gasteiger partial charge in [0.1, 0.15) is 0 Å². The molecule has 0 aliphatic rings. The fourth-order valence-corrected chi connectivity index (χ4v) is 2.98. The van der Waals surface area contributed by atoms with Gasteiger partial charge in [0, 0.05) is 12.6 Å². The Labute approximate surface area is 127 Å². The second-order valence-electron chi connectivity index (χ2n) is 5.43. The van der Waals surface area contributed by atoms with E-state index in [1.807, 2.05) is 30.6 Å². The van der Waals surface area contributed by atoms with E-state index < -0.39 is 0 Å². The van der Waals surface area contributed by atoms with Crippen LogP contribution in [0.3, 0.4) is 0 Å². The second kappa shape index (κ2) is 5.89. The number of hydrogen-bond donors (Lipinski definition) is 0. The Morgan fingerprint density at radius 1 is 1.24 bits per heavy atom. The van der Waals surface area contributed by atoms with Crippen molar-refractivity contribution in [2.75, 3.05) is 0 Å². The van der Waals surface area contributed by atoms with Gasteiger partial charge in [-0.2, -0.15) is 0 Å². The minimum absolute atomic E-state index is 0.0734. The fourth-order valence-electron chi connectivity index (χ4n) is 2.08. The zero-order valence-corrected chi connectivity index (χ0v) is 13.2. The van der Waals surface area contributed by atoms with Crippen molar-refractivity contribution >= 4 is 17.3 Å². The lowest BCUT2D eigenvalue weighted by Gasteiger charge is -2.05. The van der Waals surface area contributed by atoms with Crippen LogP contribution in [-0.2, 0) is 6.42 Å². The highest BCUT2D eigenvalue weighted by atomic mass is 32.2. The van der Waals surface area contributed by atoms with Crippen molar-refractivity contribution < 1.29 is 4.42 Å². The molecule has 0 spiro atoms. The number of thioether (sulfide) groups is 1. The average molecular weight is 302 g/mol. The molecule has 3 rings (SSSR count). The molecule has 0 N–H and O–H groups in total. The first-order valence-corrected chi connectivity index (χ1v) is 7.92. The molecule has 0 saturated heterocycles. The highest BCUT2D eigenvalue weighted by Crippen LogP contribution is 2.33. The summed E-state index contributed by atoms with van der Waals surface area (Å²) in [6.07, 6.45) is 4.69. The highest BCUT2D eigenvalue weighted by molar-refractivity contribution is 7.99. The van der Waals surface area contributed by atoms with Crippen LogP contribution < -0.4 is 0 Å². The van der Waals surface area contributed by atoms with Gasteiger partial charge in [-0.05, 0) is 25.0 Å². The van der Waals surface area contributed by atoms with Gasteiger partial charge in [-0.15, -0.1) is 10.2 Å². The van der Waals surface area contributed by atoms with Gasteiger partial charge in [0.2, 0.25) is 11.8 Å². The van der Waals surface area contributed by atoms with Crippen molar-refractivity contribution in [3.63, 3.8) is 0 Å². The van der Waals surface area contributed by atoms with Gasteiger partial charge in [0.25, 0.3) is 0 Å². The van der Waals surface area contributed by atoms with Gasteiger partial charge in [-0.25, -0.2) is 4.98 Å². The summed E-state index contributed by atoms with van der Waals surface area (Å²) in [4.78, 5) is 4.45. The third-order valence-corrected chi connectivity index (χ3v) is 4.17. The number of rotatable bonds is 5. The summed E-state index contributed by atoms with van der Waals surface area (Å²) in [6.45, 7) is 6.33. The van der Waals surface area contributed by atoms with Crippen LogP contribution in [0, 0.1) is 5.92 Å². The van der Waals surface area contributed by atoms with E-state index in [1.165, 1.54) is 0 Å².